The van der Waals surface area contributed by atoms with E-state index in [4.69, 9.17) is 14.2 Å². The standard InChI is InChI=1S/C21H28N4O3/c1-13-20(14(2)28-24-13)19-12-18(22-15(3)23-19)16-4-8-25(9-5-16)21(26)17-6-10-27-11-7-17/h12,16-17H,4-11H2,1-3H3. The molecule has 0 unspecified atom stereocenters. The molecule has 7 nitrogen and oxygen atoms in total. The molecule has 150 valence electrons. The predicted molar refractivity (Wildman–Crippen MR) is 104 cm³/mol. The first-order chi connectivity index (χ1) is 13.5. The summed E-state index contributed by atoms with van der Waals surface area (Å²) in [4.78, 5) is 24.1. The maximum atomic E-state index is 12.8. The summed E-state index contributed by atoms with van der Waals surface area (Å²) in [5.74, 6) is 2.32. The first-order valence-electron chi connectivity index (χ1n) is 10.2. The molecule has 0 N–H and O–H groups in total. The van der Waals surface area contributed by atoms with Crippen LogP contribution in [0.4, 0.5) is 0 Å². The van der Waals surface area contributed by atoms with Crippen LogP contribution in [0.15, 0.2) is 10.6 Å². The molecule has 2 aliphatic heterocycles. The third kappa shape index (κ3) is 3.81. The van der Waals surface area contributed by atoms with Gasteiger partial charge in [-0.1, -0.05) is 5.16 Å². The van der Waals surface area contributed by atoms with Crippen molar-refractivity contribution in [3.8, 4) is 11.3 Å². The Morgan fingerprint density at radius 2 is 1.79 bits per heavy atom. The molecule has 0 spiro atoms. The molecule has 0 radical (unpaired) electrons. The minimum Gasteiger partial charge on any atom is -0.381 e. The number of hydrogen-bond acceptors (Lipinski definition) is 6. The lowest BCUT2D eigenvalue weighted by atomic mass is 9.90. The second kappa shape index (κ2) is 7.99. The summed E-state index contributed by atoms with van der Waals surface area (Å²) in [5.41, 5.74) is 3.73. The quantitative estimate of drug-likeness (QED) is 0.808. The van der Waals surface area contributed by atoms with Gasteiger partial charge in [-0.3, -0.25) is 4.79 Å². The van der Waals surface area contributed by atoms with Gasteiger partial charge in [0.25, 0.3) is 0 Å². The van der Waals surface area contributed by atoms with Gasteiger partial charge in [0.2, 0.25) is 5.91 Å². The fraction of sp³-hybridized carbons (Fsp3) is 0.619. The third-order valence-electron chi connectivity index (χ3n) is 5.94. The van der Waals surface area contributed by atoms with Crippen LogP contribution in [0.5, 0.6) is 0 Å². The minimum absolute atomic E-state index is 0.137. The fourth-order valence-corrected chi connectivity index (χ4v) is 4.38. The van der Waals surface area contributed by atoms with Crippen molar-refractivity contribution >= 4 is 5.91 Å². The molecule has 2 saturated heterocycles. The SMILES string of the molecule is Cc1nc(-c2c(C)noc2C)cc(C2CCN(C(=O)C3CCOCC3)CC2)n1. The van der Waals surface area contributed by atoms with Crippen LogP contribution in [0.3, 0.4) is 0 Å². The minimum atomic E-state index is 0.137. The number of nitrogens with zero attached hydrogens (tertiary/aromatic N) is 4. The zero-order valence-corrected chi connectivity index (χ0v) is 16.9. The molecule has 2 fully saturated rings. The van der Waals surface area contributed by atoms with Gasteiger partial charge in [0.05, 0.1) is 17.0 Å². The highest BCUT2D eigenvalue weighted by Gasteiger charge is 2.30. The van der Waals surface area contributed by atoms with Gasteiger partial charge in [-0.15, -0.1) is 0 Å². The van der Waals surface area contributed by atoms with E-state index >= 15 is 0 Å². The summed E-state index contributed by atoms with van der Waals surface area (Å²) in [6, 6.07) is 2.07. The zero-order chi connectivity index (χ0) is 19.7. The second-order valence-electron chi connectivity index (χ2n) is 7.91. The Morgan fingerprint density at radius 1 is 1.07 bits per heavy atom. The lowest BCUT2D eigenvalue weighted by Crippen LogP contribution is -2.42. The zero-order valence-electron chi connectivity index (χ0n) is 16.9. The Kier molecular flexibility index (Phi) is 5.44. The van der Waals surface area contributed by atoms with Gasteiger partial charge in [-0.05, 0) is 52.5 Å². The highest BCUT2D eigenvalue weighted by Crippen LogP contribution is 2.32. The number of amides is 1. The Morgan fingerprint density at radius 3 is 2.43 bits per heavy atom. The van der Waals surface area contributed by atoms with Crippen molar-refractivity contribution in [1.82, 2.24) is 20.0 Å². The number of likely N-dealkylation sites (tertiary alicyclic amines) is 1. The number of rotatable bonds is 3. The molecule has 1 amide bonds. The van der Waals surface area contributed by atoms with Crippen molar-refractivity contribution in [3.63, 3.8) is 0 Å². The number of hydrogen-bond donors (Lipinski definition) is 0. The van der Waals surface area contributed by atoms with E-state index in [1.165, 1.54) is 0 Å². The normalized spacial score (nSPS) is 19.2. The predicted octanol–water partition coefficient (Wildman–Crippen LogP) is 3.19. The topological polar surface area (TPSA) is 81.4 Å². The van der Waals surface area contributed by atoms with E-state index in [0.29, 0.717) is 25.0 Å². The highest BCUT2D eigenvalue weighted by molar-refractivity contribution is 5.79. The molecule has 0 bridgehead atoms. The van der Waals surface area contributed by atoms with E-state index in [-0.39, 0.29) is 5.92 Å². The molecular formula is C21H28N4O3. The molecule has 7 heteroatoms. The van der Waals surface area contributed by atoms with Crippen LogP contribution in [-0.4, -0.2) is 52.2 Å². The summed E-state index contributed by atoms with van der Waals surface area (Å²) < 4.78 is 10.7. The van der Waals surface area contributed by atoms with E-state index < -0.39 is 0 Å². The molecule has 4 heterocycles. The van der Waals surface area contributed by atoms with Gasteiger partial charge in [-0.2, -0.15) is 0 Å². The highest BCUT2D eigenvalue weighted by atomic mass is 16.5. The van der Waals surface area contributed by atoms with E-state index in [9.17, 15) is 4.79 Å². The van der Waals surface area contributed by atoms with Crippen molar-refractivity contribution in [2.45, 2.75) is 52.4 Å². The molecule has 0 atom stereocenters. The van der Waals surface area contributed by atoms with Crippen LogP contribution in [0.25, 0.3) is 11.3 Å². The van der Waals surface area contributed by atoms with E-state index in [0.717, 1.165) is 73.0 Å². The molecule has 0 aliphatic carbocycles. The summed E-state index contributed by atoms with van der Waals surface area (Å²) >= 11 is 0. The third-order valence-corrected chi connectivity index (χ3v) is 5.94. The number of aromatic nitrogens is 3. The second-order valence-corrected chi connectivity index (χ2v) is 7.91. The van der Waals surface area contributed by atoms with Gasteiger partial charge in [0, 0.05) is 43.8 Å². The molecule has 0 saturated carbocycles. The first kappa shape index (κ1) is 19.1. The van der Waals surface area contributed by atoms with Crippen LogP contribution < -0.4 is 0 Å². The molecule has 2 aromatic heterocycles. The largest absolute Gasteiger partial charge is 0.381 e. The van der Waals surface area contributed by atoms with Crippen LogP contribution in [0.1, 0.15) is 54.6 Å². The molecule has 0 aromatic carbocycles. The fourth-order valence-electron chi connectivity index (χ4n) is 4.38. The van der Waals surface area contributed by atoms with Crippen LogP contribution in [0.2, 0.25) is 0 Å². The van der Waals surface area contributed by atoms with Crippen molar-refractivity contribution in [2.75, 3.05) is 26.3 Å². The monoisotopic (exact) mass is 384 g/mol. The van der Waals surface area contributed by atoms with E-state index in [2.05, 4.69) is 16.2 Å². The van der Waals surface area contributed by atoms with Crippen molar-refractivity contribution < 1.29 is 14.1 Å². The van der Waals surface area contributed by atoms with Crippen molar-refractivity contribution in [3.05, 3.63) is 29.0 Å². The number of carbonyl (C=O) groups excluding carboxylic acids is 1. The van der Waals surface area contributed by atoms with Crippen LogP contribution in [0, 0.1) is 26.7 Å². The van der Waals surface area contributed by atoms with Gasteiger partial charge < -0.3 is 14.2 Å². The number of ether oxygens (including phenoxy) is 1. The van der Waals surface area contributed by atoms with Crippen LogP contribution >= 0.6 is 0 Å². The molecule has 2 aromatic rings. The van der Waals surface area contributed by atoms with Gasteiger partial charge >= 0.3 is 0 Å². The number of carbonyl (C=O) groups is 1. The maximum Gasteiger partial charge on any atom is 0.225 e. The summed E-state index contributed by atoms with van der Waals surface area (Å²) in [5, 5.41) is 4.05. The van der Waals surface area contributed by atoms with Gasteiger partial charge in [-0.25, -0.2) is 9.97 Å². The average molecular weight is 384 g/mol. The van der Waals surface area contributed by atoms with Crippen molar-refractivity contribution in [1.29, 1.82) is 0 Å². The first-order valence-corrected chi connectivity index (χ1v) is 10.2. The smallest absolute Gasteiger partial charge is 0.225 e. The Labute approximate surface area is 165 Å². The van der Waals surface area contributed by atoms with Crippen molar-refractivity contribution in [2.24, 2.45) is 5.92 Å². The number of piperidine rings is 1. The number of aryl methyl sites for hydroxylation is 3. The van der Waals surface area contributed by atoms with E-state index in [1.54, 1.807) is 0 Å². The Balaban J connectivity index is 1.47. The Bertz CT molecular complexity index is 830. The lowest BCUT2D eigenvalue weighted by Gasteiger charge is -2.35. The summed E-state index contributed by atoms with van der Waals surface area (Å²) in [6.07, 6.45) is 3.58. The van der Waals surface area contributed by atoms with E-state index in [1.807, 2.05) is 25.7 Å². The van der Waals surface area contributed by atoms with Gasteiger partial charge in [0.15, 0.2) is 0 Å². The molecular weight excluding hydrogens is 356 g/mol. The average Bonchev–Trinajstić information content (AvgIpc) is 3.06. The maximum absolute atomic E-state index is 12.8. The molecule has 4 rings (SSSR count). The Hall–Kier alpha value is -2.28. The van der Waals surface area contributed by atoms with Gasteiger partial charge in [0.1, 0.15) is 11.6 Å². The summed E-state index contributed by atoms with van der Waals surface area (Å²) in [7, 11) is 0. The lowest BCUT2D eigenvalue weighted by molar-refractivity contribution is -0.139. The summed E-state index contributed by atoms with van der Waals surface area (Å²) in [6.45, 7) is 8.77. The molecule has 2 aliphatic rings. The van der Waals surface area contributed by atoms with Crippen LogP contribution in [-0.2, 0) is 9.53 Å². The molecule has 28 heavy (non-hydrogen) atoms.